The van der Waals surface area contributed by atoms with Crippen LogP contribution in [0.25, 0.3) is 0 Å². The standard InChI is InChI=1S/C22H34N2O5S/c1-15(22-9-16-6-17(10-22)8-18(7-16)11-22)23-19(25)12-29-21(27)14-30-13-20(26)24-2-4-28-5-3-24/h15-18H,2-14H2,1H3,(H,23,25)/t15-,16?,17?,18?,22?/m0/s1. The van der Waals surface area contributed by atoms with Crippen molar-refractivity contribution in [2.75, 3.05) is 44.4 Å². The number of rotatable bonds is 8. The van der Waals surface area contributed by atoms with Gasteiger partial charge in [-0.2, -0.15) is 0 Å². The van der Waals surface area contributed by atoms with E-state index in [1.165, 1.54) is 50.3 Å². The van der Waals surface area contributed by atoms with Crippen molar-refractivity contribution >= 4 is 29.5 Å². The maximum absolute atomic E-state index is 12.4. The van der Waals surface area contributed by atoms with Crippen LogP contribution in [0.4, 0.5) is 0 Å². The lowest BCUT2D eigenvalue weighted by Gasteiger charge is -2.59. The molecule has 1 N–H and O–H groups in total. The molecule has 4 saturated carbocycles. The molecule has 168 valence electrons. The van der Waals surface area contributed by atoms with Gasteiger partial charge in [-0.15, -0.1) is 11.8 Å². The second kappa shape index (κ2) is 9.47. The predicted octanol–water partition coefficient (Wildman–Crippen LogP) is 1.84. The SMILES string of the molecule is C[C@H](NC(=O)COC(=O)CSCC(=O)N1CCOCC1)C12CC3CC(CC(C3)C1)C2. The highest BCUT2D eigenvalue weighted by Gasteiger charge is 2.53. The summed E-state index contributed by atoms with van der Waals surface area (Å²) in [6, 6.07) is 0.123. The first-order valence-electron chi connectivity index (χ1n) is 11.3. The Morgan fingerprint density at radius 3 is 2.27 bits per heavy atom. The molecule has 5 rings (SSSR count). The van der Waals surface area contributed by atoms with E-state index in [1.54, 1.807) is 4.90 Å². The fourth-order valence-corrected chi connectivity index (χ4v) is 7.17. The molecule has 0 aromatic heterocycles. The zero-order chi connectivity index (χ0) is 21.1. The average molecular weight is 439 g/mol. The minimum absolute atomic E-state index is 0.0123. The summed E-state index contributed by atoms with van der Waals surface area (Å²) in [7, 11) is 0. The van der Waals surface area contributed by atoms with Gasteiger partial charge in [-0.1, -0.05) is 0 Å². The van der Waals surface area contributed by atoms with Gasteiger partial charge in [0, 0.05) is 19.1 Å². The fraction of sp³-hybridized carbons (Fsp3) is 0.864. The Hall–Kier alpha value is -1.28. The number of morpholine rings is 1. The number of carbonyl (C=O) groups is 3. The first-order valence-corrected chi connectivity index (χ1v) is 12.5. The number of hydrogen-bond acceptors (Lipinski definition) is 6. The van der Waals surface area contributed by atoms with Gasteiger partial charge in [0.1, 0.15) is 0 Å². The molecule has 0 aromatic rings. The fourth-order valence-electron chi connectivity index (χ4n) is 6.46. The number of amides is 2. The molecule has 7 nitrogen and oxygen atoms in total. The lowest BCUT2D eigenvalue weighted by molar-refractivity contribution is -0.147. The number of nitrogens with zero attached hydrogens (tertiary/aromatic N) is 1. The zero-order valence-electron chi connectivity index (χ0n) is 17.9. The van der Waals surface area contributed by atoms with E-state index in [0.29, 0.717) is 26.3 Å². The lowest BCUT2D eigenvalue weighted by Crippen LogP contribution is -2.56. The van der Waals surface area contributed by atoms with Crippen LogP contribution in [0.3, 0.4) is 0 Å². The van der Waals surface area contributed by atoms with Gasteiger partial charge in [0.2, 0.25) is 5.91 Å². The normalized spacial score (nSPS) is 33.2. The van der Waals surface area contributed by atoms with Gasteiger partial charge in [0.25, 0.3) is 5.91 Å². The van der Waals surface area contributed by atoms with Crippen molar-refractivity contribution in [3.63, 3.8) is 0 Å². The first-order chi connectivity index (χ1) is 14.4. The van der Waals surface area contributed by atoms with Crippen molar-refractivity contribution in [2.45, 2.75) is 51.5 Å². The highest BCUT2D eigenvalue weighted by molar-refractivity contribution is 8.00. The van der Waals surface area contributed by atoms with Gasteiger partial charge >= 0.3 is 5.97 Å². The molecule has 1 saturated heterocycles. The number of hydrogen-bond donors (Lipinski definition) is 1. The van der Waals surface area contributed by atoms with E-state index >= 15 is 0 Å². The minimum Gasteiger partial charge on any atom is -0.455 e. The summed E-state index contributed by atoms with van der Waals surface area (Å²) >= 11 is 1.23. The molecule has 30 heavy (non-hydrogen) atoms. The molecule has 5 aliphatic rings. The third kappa shape index (κ3) is 5.13. The van der Waals surface area contributed by atoms with E-state index in [-0.39, 0.29) is 41.4 Å². The van der Waals surface area contributed by atoms with E-state index in [1.807, 2.05) is 0 Å². The molecule has 8 heteroatoms. The third-order valence-corrected chi connectivity index (χ3v) is 8.45. The number of ether oxygens (including phenoxy) is 2. The summed E-state index contributed by atoms with van der Waals surface area (Å²) in [5.74, 6) is 2.17. The second-order valence-electron chi connectivity index (χ2n) is 9.72. The Balaban J connectivity index is 1.13. The van der Waals surface area contributed by atoms with Crippen molar-refractivity contribution in [1.29, 1.82) is 0 Å². The molecular formula is C22H34N2O5S. The maximum atomic E-state index is 12.4. The molecule has 0 aromatic carbocycles. The van der Waals surface area contributed by atoms with Crippen LogP contribution in [-0.2, 0) is 23.9 Å². The Morgan fingerprint density at radius 1 is 1.07 bits per heavy atom. The van der Waals surface area contributed by atoms with Gasteiger partial charge < -0.3 is 19.7 Å². The topological polar surface area (TPSA) is 84.9 Å². The van der Waals surface area contributed by atoms with E-state index in [0.717, 1.165) is 17.8 Å². The van der Waals surface area contributed by atoms with E-state index in [9.17, 15) is 14.4 Å². The summed E-state index contributed by atoms with van der Waals surface area (Å²) in [4.78, 5) is 38.1. The molecule has 0 unspecified atom stereocenters. The summed E-state index contributed by atoms with van der Waals surface area (Å²) in [5, 5.41) is 3.11. The molecule has 4 aliphatic carbocycles. The van der Waals surface area contributed by atoms with E-state index in [2.05, 4.69) is 12.2 Å². The maximum Gasteiger partial charge on any atom is 0.316 e. The van der Waals surface area contributed by atoms with Gasteiger partial charge in [-0.3, -0.25) is 14.4 Å². The van der Waals surface area contributed by atoms with Gasteiger partial charge in [0.05, 0.1) is 24.7 Å². The van der Waals surface area contributed by atoms with Crippen LogP contribution >= 0.6 is 11.8 Å². The third-order valence-electron chi connectivity index (χ3n) is 7.56. The smallest absolute Gasteiger partial charge is 0.316 e. The Bertz CT molecular complexity index is 629. The molecule has 2 amide bonds. The summed E-state index contributed by atoms with van der Waals surface area (Å²) < 4.78 is 10.4. The monoisotopic (exact) mass is 438 g/mol. The van der Waals surface area contributed by atoms with Crippen molar-refractivity contribution < 1.29 is 23.9 Å². The van der Waals surface area contributed by atoms with Crippen molar-refractivity contribution in [2.24, 2.45) is 23.2 Å². The minimum atomic E-state index is -0.451. The van der Waals surface area contributed by atoms with Gasteiger partial charge in [-0.05, 0) is 68.6 Å². The predicted molar refractivity (Wildman–Crippen MR) is 114 cm³/mol. The summed E-state index contributed by atoms with van der Waals surface area (Å²) in [5.41, 5.74) is 0.240. The Kier molecular flexibility index (Phi) is 6.92. The van der Waals surface area contributed by atoms with Gasteiger partial charge in [0.15, 0.2) is 6.61 Å². The number of carbonyl (C=O) groups excluding carboxylic acids is 3. The van der Waals surface area contributed by atoms with Crippen LogP contribution in [0.1, 0.15) is 45.4 Å². The molecule has 5 fully saturated rings. The molecular weight excluding hydrogens is 404 g/mol. The van der Waals surface area contributed by atoms with E-state index in [4.69, 9.17) is 9.47 Å². The average Bonchev–Trinajstić information content (AvgIpc) is 2.72. The molecule has 4 bridgehead atoms. The Morgan fingerprint density at radius 2 is 1.67 bits per heavy atom. The summed E-state index contributed by atoms with van der Waals surface area (Å²) in [6.45, 7) is 4.22. The molecule has 1 aliphatic heterocycles. The van der Waals surface area contributed by atoms with Gasteiger partial charge in [-0.25, -0.2) is 0 Å². The van der Waals surface area contributed by atoms with Crippen LogP contribution in [-0.4, -0.2) is 73.1 Å². The van der Waals surface area contributed by atoms with Crippen LogP contribution < -0.4 is 5.32 Å². The first kappa shape index (κ1) is 21.9. The summed E-state index contributed by atoms with van der Waals surface area (Å²) in [6.07, 6.45) is 7.83. The number of nitrogens with one attached hydrogen (secondary N) is 1. The van der Waals surface area contributed by atoms with Crippen molar-refractivity contribution in [3.8, 4) is 0 Å². The molecule has 1 heterocycles. The lowest BCUT2D eigenvalue weighted by atomic mass is 9.48. The second-order valence-corrected chi connectivity index (χ2v) is 10.7. The largest absolute Gasteiger partial charge is 0.455 e. The zero-order valence-corrected chi connectivity index (χ0v) is 18.7. The van der Waals surface area contributed by atoms with Crippen molar-refractivity contribution in [3.05, 3.63) is 0 Å². The van der Waals surface area contributed by atoms with Crippen LogP contribution in [0.2, 0.25) is 0 Å². The van der Waals surface area contributed by atoms with Crippen molar-refractivity contribution in [1.82, 2.24) is 10.2 Å². The quantitative estimate of drug-likeness (QED) is 0.582. The molecule has 0 spiro atoms. The number of thioether (sulfide) groups is 1. The molecule has 1 atom stereocenters. The van der Waals surface area contributed by atoms with E-state index < -0.39 is 5.97 Å². The Labute approximate surface area is 183 Å². The van der Waals surface area contributed by atoms with Crippen LogP contribution in [0, 0.1) is 23.2 Å². The highest BCUT2D eigenvalue weighted by atomic mass is 32.2. The van der Waals surface area contributed by atoms with Crippen LogP contribution in [0.5, 0.6) is 0 Å². The highest BCUT2D eigenvalue weighted by Crippen LogP contribution is 2.61. The molecule has 0 radical (unpaired) electrons. The number of esters is 1. The van der Waals surface area contributed by atoms with Crippen LogP contribution in [0.15, 0.2) is 0 Å².